The SMILES string of the molecule is Nc1sc2c(c1-c1ccccn1)CCOC2. The highest BCUT2D eigenvalue weighted by atomic mass is 32.1. The highest BCUT2D eigenvalue weighted by molar-refractivity contribution is 7.16. The maximum atomic E-state index is 6.08. The predicted octanol–water partition coefficient (Wildman–Crippen LogP) is 2.46. The topological polar surface area (TPSA) is 48.1 Å². The molecule has 0 fully saturated rings. The first-order valence-electron chi connectivity index (χ1n) is 5.25. The van der Waals surface area contributed by atoms with Gasteiger partial charge in [0.1, 0.15) is 0 Å². The fourth-order valence-electron chi connectivity index (χ4n) is 2.05. The molecule has 3 nitrogen and oxygen atoms in total. The fourth-order valence-corrected chi connectivity index (χ4v) is 3.11. The highest BCUT2D eigenvalue weighted by Crippen LogP contribution is 2.40. The number of nitrogen functional groups attached to an aromatic ring is 1. The Morgan fingerprint density at radius 3 is 3.12 bits per heavy atom. The minimum Gasteiger partial charge on any atom is -0.390 e. The van der Waals surface area contributed by atoms with Crippen LogP contribution in [0.25, 0.3) is 11.3 Å². The van der Waals surface area contributed by atoms with Gasteiger partial charge in [0, 0.05) is 16.6 Å². The Labute approximate surface area is 97.9 Å². The van der Waals surface area contributed by atoms with Gasteiger partial charge in [0.25, 0.3) is 0 Å². The van der Waals surface area contributed by atoms with Gasteiger partial charge >= 0.3 is 0 Å². The van der Waals surface area contributed by atoms with Crippen LogP contribution in [0.15, 0.2) is 24.4 Å². The number of hydrogen-bond donors (Lipinski definition) is 1. The standard InChI is InChI=1S/C12H12N2OS/c13-12-11(9-3-1-2-5-14-9)8-4-6-15-7-10(8)16-12/h1-3,5H,4,6-7,13H2. The summed E-state index contributed by atoms with van der Waals surface area (Å²) < 4.78 is 5.43. The number of pyridine rings is 1. The van der Waals surface area contributed by atoms with Crippen LogP contribution in [0.3, 0.4) is 0 Å². The first-order valence-corrected chi connectivity index (χ1v) is 6.07. The molecular formula is C12H12N2OS. The molecule has 1 aliphatic heterocycles. The van der Waals surface area contributed by atoms with Crippen molar-refractivity contribution in [2.45, 2.75) is 13.0 Å². The molecule has 16 heavy (non-hydrogen) atoms. The van der Waals surface area contributed by atoms with Gasteiger partial charge in [-0.25, -0.2) is 0 Å². The molecule has 0 atom stereocenters. The molecule has 1 aliphatic rings. The average molecular weight is 232 g/mol. The molecule has 2 aromatic heterocycles. The van der Waals surface area contributed by atoms with Crippen molar-refractivity contribution in [1.82, 2.24) is 4.98 Å². The smallest absolute Gasteiger partial charge is 0.0958 e. The summed E-state index contributed by atoms with van der Waals surface area (Å²) in [6.45, 7) is 1.47. The molecule has 0 bridgehead atoms. The maximum Gasteiger partial charge on any atom is 0.0958 e. The van der Waals surface area contributed by atoms with E-state index in [0.29, 0.717) is 6.61 Å². The predicted molar refractivity (Wildman–Crippen MR) is 65.3 cm³/mol. The van der Waals surface area contributed by atoms with Gasteiger partial charge in [-0.05, 0) is 24.1 Å². The zero-order valence-corrected chi connectivity index (χ0v) is 9.59. The van der Waals surface area contributed by atoms with E-state index < -0.39 is 0 Å². The van der Waals surface area contributed by atoms with Crippen molar-refractivity contribution in [3.05, 3.63) is 34.8 Å². The lowest BCUT2D eigenvalue weighted by atomic mass is 10.0. The number of ether oxygens (including phenoxy) is 1. The fraction of sp³-hybridized carbons (Fsp3) is 0.250. The molecule has 82 valence electrons. The molecule has 0 spiro atoms. The Balaban J connectivity index is 2.17. The quantitative estimate of drug-likeness (QED) is 0.821. The van der Waals surface area contributed by atoms with E-state index in [1.807, 2.05) is 18.2 Å². The van der Waals surface area contributed by atoms with Gasteiger partial charge < -0.3 is 10.5 Å². The van der Waals surface area contributed by atoms with Crippen molar-refractivity contribution >= 4 is 16.3 Å². The van der Waals surface area contributed by atoms with E-state index in [4.69, 9.17) is 10.5 Å². The zero-order chi connectivity index (χ0) is 11.0. The van der Waals surface area contributed by atoms with Crippen molar-refractivity contribution in [1.29, 1.82) is 0 Å². The van der Waals surface area contributed by atoms with Crippen LogP contribution >= 0.6 is 11.3 Å². The molecule has 0 saturated carbocycles. The van der Waals surface area contributed by atoms with Crippen molar-refractivity contribution in [3.8, 4) is 11.3 Å². The van der Waals surface area contributed by atoms with Crippen LogP contribution in [0.2, 0.25) is 0 Å². The first-order chi connectivity index (χ1) is 7.86. The van der Waals surface area contributed by atoms with Crippen LogP contribution in [-0.4, -0.2) is 11.6 Å². The van der Waals surface area contributed by atoms with Crippen molar-refractivity contribution in [2.24, 2.45) is 0 Å². The van der Waals surface area contributed by atoms with Gasteiger partial charge in [-0.3, -0.25) is 4.98 Å². The highest BCUT2D eigenvalue weighted by Gasteiger charge is 2.21. The van der Waals surface area contributed by atoms with Crippen molar-refractivity contribution < 1.29 is 4.74 Å². The molecule has 0 aliphatic carbocycles. The van der Waals surface area contributed by atoms with Crippen LogP contribution in [-0.2, 0) is 17.8 Å². The van der Waals surface area contributed by atoms with E-state index in [9.17, 15) is 0 Å². The van der Waals surface area contributed by atoms with Crippen LogP contribution in [0.1, 0.15) is 10.4 Å². The van der Waals surface area contributed by atoms with Crippen molar-refractivity contribution in [3.63, 3.8) is 0 Å². The average Bonchev–Trinajstić information content (AvgIpc) is 2.66. The second kappa shape index (κ2) is 3.88. The third kappa shape index (κ3) is 1.50. The normalized spacial score (nSPS) is 14.8. The second-order valence-corrected chi connectivity index (χ2v) is 4.90. The number of rotatable bonds is 1. The van der Waals surface area contributed by atoms with E-state index in [1.54, 1.807) is 17.5 Å². The van der Waals surface area contributed by atoms with E-state index in [-0.39, 0.29) is 0 Å². The summed E-state index contributed by atoms with van der Waals surface area (Å²) in [5.74, 6) is 0. The Kier molecular flexibility index (Phi) is 2.38. The summed E-state index contributed by atoms with van der Waals surface area (Å²) in [7, 11) is 0. The zero-order valence-electron chi connectivity index (χ0n) is 8.77. The lowest BCUT2D eigenvalue weighted by Crippen LogP contribution is -2.07. The van der Waals surface area contributed by atoms with E-state index in [1.165, 1.54) is 10.4 Å². The lowest BCUT2D eigenvalue weighted by molar-refractivity contribution is 0.114. The molecule has 0 radical (unpaired) electrons. The van der Waals surface area contributed by atoms with Crippen LogP contribution < -0.4 is 5.73 Å². The van der Waals surface area contributed by atoms with Gasteiger partial charge in [0.05, 0.1) is 23.9 Å². The molecular weight excluding hydrogens is 220 g/mol. The number of nitrogens with two attached hydrogens (primary N) is 1. The molecule has 2 N–H and O–H groups in total. The van der Waals surface area contributed by atoms with Gasteiger partial charge in [0.2, 0.25) is 0 Å². The summed E-state index contributed by atoms with van der Waals surface area (Å²) in [6, 6.07) is 5.92. The monoisotopic (exact) mass is 232 g/mol. The summed E-state index contributed by atoms with van der Waals surface area (Å²) in [6.07, 6.45) is 2.74. The minimum absolute atomic E-state index is 0.692. The molecule has 4 heteroatoms. The molecule has 0 amide bonds. The second-order valence-electron chi connectivity index (χ2n) is 3.76. The van der Waals surface area contributed by atoms with Crippen LogP contribution in [0.4, 0.5) is 5.00 Å². The lowest BCUT2D eigenvalue weighted by Gasteiger charge is -2.13. The van der Waals surface area contributed by atoms with Gasteiger partial charge in [-0.15, -0.1) is 11.3 Å². The summed E-state index contributed by atoms with van der Waals surface area (Å²) in [4.78, 5) is 5.63. The van der Waals surface area contributed by atoms with Gasteiger partial charge in [0.15, 0.2) is 0 Å². The van der Waals surface area contributed by atoms with E-state index in [2.05, 4.69) is 4.98 Å². The van der Waals surface area contributed by atoms with E-state index in [0.717, 1.165) is 29.3 Å². The summed E-state index contributed by atoms with van der Waals surface area (Å²) in [5.41, 5.74) is 9.49. The Bertz CT molecular complexity index is 507. The third-order valence-corrected chi connectivity index (χ3v) is 3.80. The van der Waals surface area contributed by atoms with Gasteiger partial charge in [-0.1, -0.05) is 6.07 Å². The number of hydrogen-bond acceptors (Lipinski definition) is 4. The first kappa shape index (κ1) is 9.81. The molecule has 3 heterocycles. The number of fused-ring (bicyclic) bond motifs is 1. The maximum absolute atomic E-state index is 6.08. The van der Waals surface area contributed by atoms with Crippen molar-refractivity contribution in [2.75, 3.05) is 12.3 Å². The molecule has 0 aromatic carbocycles. The number of thiophene rings is 1. The summed E-state index contributed by atoms with van der Waals surface area (Å²) >= 11 is 1.62. The number of nitrogens with zero attached hydrogens (tertiary/aromatic N) is 1. The Hall–Kier alpha value is -1.39. The Morgan fingerprint density at radius 2 is 2.31 bits per heavy atom. The van der Waals surface area contributed by atoms with Crippen LogP contribution in [0.5, 0.6) is 0 Å². The Morgan fingerprint density at radius 1 is 1.38 bits per heavy atom. The minimum atomic E-state index is 0.692. The van der Waals surface area contributed by atoms with Gasteiger partial charge in [-0.2, -0.15) is 0 Å². The molecule has 0 saturated heterocycles. The van der Waals surface area contributed by atoms with Crippen LogP contribution in [0, 0.1) is 0 Å². The van der Waals surface area contributed by atoms with E-state index >= 15 is 0 Å². The third-order valence-electron chi connectivity index (χ3n) is 2.77. The molecule has 3 rings (SSSR count). The number of anilines is 1. The molecule has 2 aromatic rings. The molecule has 0 unspecified atom stereocenters. The largest absolute Gasteiger partial charge is 0.390 e. The summed E-state index contributed by atoms with van der Waals surface area (Å²) in [5, 5.41) is 0.856. The number of aromatic nitrogens is 1.